The van der Waals surface area contributed by atoms with Crippen LogP contribution in [0.2, 0.25) is 5.15 Å². The molecular formula is C10H14ClN3O. The number of hydrogen-bond acceptors (Lipinski definition) is 3. The van der Waals surface area contributed by atoms with E-state index in [1.165, 1.54) is 6.20 Å². The molecule has 0 bridgehead atoms. The molecule has 0 aliphatic heterocycles. The van der Waals surface area contributed by atoms with Crippen LogP contribution >= 0.6 is 11.6 Å². The molecule has 0 fully saturated rings. The van der Waals surface area contributed by atoms with Crippen molar-refractivity contribution < 1.29 is 4.79 Å². The van der Waals surface area contributed by atoms with Crippen LogP contribution in [0.4, 0.5) is 5.69 Å². The number of nitrogens with one attached hydrogen (secondary N) is 1. The number of halogens is 1. The number of carbonyl (C=O) groups is 1. The van der Waals surface area contributed by atoms with E-state index < -0.39 is 0 Å². The van der Waals surface area contributed by atoms with Crippen molar-refractivity contribution in [3.05, 3.63) is 23.0 Å². The van der Waals surface area contributed by atoms with Crippen LogP contribution in [0.3, 0.4) is 0 Å². The zero-order valence-corrected chi connectivity index (χ0v) is 9.51. The van der Waals surface area contributed by atoms with Crippen molar-refractivity contribution in [3.63, 3.8) is 0 Å². The largest absolute Gasteiger partial charge is 0.330 e. The Morgan fingerprint density at radius 3 is 2.93 bits per heavy atom. The summed E-state index contributed by atoms with van der Waals surface area (Å²) < 4.78 is 0. The van der Waals surface area contributed by atoms with E-state index in [1.54, 1.807) is 13.0 Å². The molecule has 1 rings (SSSR count). The fourth-order valence-electron chi connectivity index (χ4n) is 0.999. The van der Waals surface area contributed by atoms with Crippen molar-refractivity contribution >= 4 is 23.2 Å². The molecule has 0 radical (unpaired) electrons. The van der Waals surface area contributed by atoms with Crippen LogP contribution in [0, 0.1) is 12.8 Å². The van der Waals surface area contributed by atoms with Crippen LogP contribution in [0.1, 0.15) is 12.5 Å². The molecule has 3 N–H and O–H groups in total. The van der Waals surface area contributed by atoms with E-state index in [-0.39, 0.29) is 11.8 Å². The fraction of sp³-hybridized carbons (Fsp3) is 0.400. The van der Waals surface area contributed by atoms with Gasteiger partial charge in [0.2, 0.25) is 5.91 Å². The molecule has 1 amide bonds. The Bertz CT molecular complexity index is 368. The summed E-state index contributed by atoms with van der Waals surface area (Å²) >= 11 is 5.76. The third-order valence-electron chi connectivity index (χ3n) is 2.08. The minimum absolute atomic E-state index is 0.110. The lowest BCUT2D eigenvalue weighted by atomic mass is 10.1. The van der Waals surface area contributed by atoms with E-state index >= 15 is 0 Å². The Morgan fingerprint density at radius 2 is 2.40 bits per heavy atom. The summed E-state index contributed by atoms with van der Waals surface area (Å²) in [5.41, 5.74) is 6.85. The highest BCUT2D eigenvalue weighted by molar-refractivity contribution is 6.30. The number of amides is 1. The van der Waals surface area contributed by atoms with Crippen molar-refractivity contribution in [2.24, 2.45) is 11.7 Å². The van der Waals surface area contributed by atoms with Crippen LogP contribution in [0.5, 0.6) is 0 Å². The number of hydrogen-bond donors (Lipinski definition) is 2. The SMILES string of the molecule is Cc1cc(NC(=O)C(C)CN)cnc1Cl. The van der Waals surface area contributed by atoms with Gasteiger partial charge in [0.05, 0.1) is 11.9 Å². The van der Waals surface area contributed by atoms with Crippen molar-refractivity contribution in [2.75, 3.05) is 11.9 Å². The molecule has 1 unspecified atom stereocenters. The van der Waals surface area contributed by atoms with E-state index in [0.29, 0.717) is 17.4 Å². The molecule has 4 nitrogen and oxygen atoms in total. The topological polar surface area (TPSA) is 68.0 Å². The highest BCUT2D eigenvalue weighted by Crippen LogP contribution is 2.16. The van der Waals surface area contributed by atoms with Crippen LogP contribution in [-0.2, 0) is 4.79 Å². The molecular weight excluding hydrogens is 214 g/mol. The van der Waals surface area contributed by atoms with Crippen LogP contribution in [-0.4, -0.2) is 17.4 Å². The van der Waals surface area contributed by atoms with Gasteiger partial charge in [-0.1, -0.05) is 18.5 Å². The highest BCUT2D eigenvalue weighted by atomic mass is 35.5. The molecule has 1 atom stereocenters. The second-order valence-corrected chi connectivity index (χ2v) is 3.82. The predicted octanol–water partition coefficient (Wildman–Crippen LogP) is 1.58. The number of aromatic nitrogens is 1. The lowest BCUT2D eigenvalue weighted by Gasteiger charge is -2.10. The highest BCUT2D eigenvalue weighted by Gasteiger charge is 2.11. The third kappa shape index (κ3) is 3.18. The number of nitrogens with zero attached hydrogens (tertiary/aromatic N) is 1. The summed E-state index contributed by atoms with van der Waals surface area (Å²) in [5.74, 6) is -0.318. The van der Waals surface area contributed by atoms with E-state index in [1.807, 2.05) is 6.92 Å². The van der Waals surface area contributed by atoms with Gasteiger partial charge in [-0.3, -0.25) is 4.79 Å². The normalized spacial score (nSPS) is 12.3. The van der Waals surface area contributed by atoms with Gasteiger partial charge in [0.15, 0.2) is 0 Å². The molecule has 15 heavy (non-hydrogen) atoms. The van der Waals surface area contributed by atoms with Crippen LogP contribution in [0.25, 0.3) is 0 Å². The van der Waals surface area contributed by atoms with Gasteiger partial charge < -0.3 is 11.1 Å². The Hall–Kier alpha value is -1.13. The zero-order chi connectivity index (χ0) is 11.4. The molecule has 0 aliphatic rings. The first-order chi connectivity index (χ1) is 7.04. The number of nitrogens with two attached hydrogens (primary N) is 1. The third-order valence-corrected chi connectivity index (χ3v) is 2.48. The maximum Gasteiger partial charge on any atom is 0.228 e. The Morgan fingerprint density at radius 1 is 1.73 bits per heavy atom. The first-order valence-corrected chi connectivity index (χ1v) is 5.05. The molecule has 5 heteroatoms. The first-order valence-electron chi connectivity index (χ1n) is 4.67. The molecule has 0 aliphatic carbocycles. The molecule has 1 heterocycles. The summed E-state index contributed by atoms with van der Waals surface area (Å²) in [6.45, 7) is 3.93. The van der Waals surface area contributed by atoms with E-state index in [2.05, 4.69) is 10.3 Å². The summed E-state index contributed by atoms with van der Waals surface area (Å²) in [4.78, 5) is 15.4. The minimum Gasteiger partial charge on any atom is -0.330 e. The maximum atomic E-state index is 11.5. The molecule has 1 aromatic heterocycles. The summed E-state index contributed by atoms with van der Waals surface area (Å²) in [6.07, 6.45) is 1.52. The van der Waals surface area contributed by atoms with Gasteiger partial charge in [-0.05, 0) is 18.6 Å². The lowest BCUT2D eigenvalue weighted by molar-refractivity contribution is -0.119. The Labute approximate surface area is 93.8 Å². The van der Waals surface area contributed by atoms with Gasteiger partial charge in [0.25, 0.3) is 0 Å². The monoisotopic (exact) mass is 227 g/mol. The van der Waals surface area contributed by atoms with E-state index in [0.717, 1.165) is 5.56 Å². The van der Waals surface area contributed by atoms with Crippen LogP contribution in [0.15, 0.2) is 12.3 Å². The Balaban J connectivity index is 2.73. The summed E-state index contributed by atoms with van der Waals surface area (Å²) in [6, 6.07) is 1.77. The minimum atomic E-state index is -0.207. The molecule has 0 saturated carbocycles. The van der Waals surface area contributed by atoms with Gasteiger partial charge in [-0.15, -0.1) is 0 Å². The van der Waals surface area contributed by atoms with Crippen molar-refractivity contribution in [2.45, 2.75) is 13.8 Å². The first kappa shape index (κ1) is 11.9. The molecule has 0 aromatic carbocycles. The summed E-state index contributed by atoms with van der Waals surface area (Å²) in [5, 5.41) is 3.16. The molecule has 1 aromatic rings. The maximum absolute atomic E-state index is 11.5. The number of rotatable bonds is 3. The van der Waals surface area contributed by atoms with Crippen molar-refractivity contribution in [1.82, 2.24) is 4.98 Å². The van der Waals surface area contributed by atoms with E-state index in [9.17, 15) is 4.79 Å². The molecule has 82 valence electrons. The van der Waals surface area contributed by atoms with Crippen molar-refractivity contribution in [1.29, 1.82) is 0 Å². The summed E-state index contributed by atoms with van der Waals surface area (Å²) in [7, 11) is 0. The second-order valence-electron chi connectivity index (χ2n) is 3.46. The average Bonchev–Trinajstić information content (AvgIpc) is 2.22. The predicted molar refractivity (Wildman–Crippen MR) is 60.8 cm³/mol. The van der Waals surface area contributed by atoms with Gasteiger partial charge in [0.1, 0.15) is 5.15 Å². The standard InChI is InChI=1S/C10H14ClN3O/c1-6-3-8(5-13-9(6)11)14-10(15)7(2)4-12/h3,5,7H,4,12H2,1-2H3,(H,14,15). The number of carbonyl (C=O) groups excluding carboxylic acids is 1. The number of aryl methyl sites for hydroxylation is 1. The van der Waals surface area contributed by atoms with Gasteiger partial charge in [-0.25, -0.2) is 4.98 Å². The van der Waals surface area contributed by atoms with E-state index in [4.69, 9.17) is 17.3 Å². The second kappa shape index (κ2) is 5.09. The molecule has 0 saturated heterocycles. The molecule has 0 spiro atoms. The smallest absolute Gasteiger partial charge is 0.228 e. The average molecular weight is 228 g/mol. The number of pyridine rings is 1. The van der Waals surface area contributed by atoms with Crippen molar-refractivity contribution in [3.8, 4) is 0 Å². The van der Waals surface area contributed by atoms with Gasteiger partial charge >= 0.3 is 0 Å². The Kier molecular flexibility index (Phi) is 4.05. The van der Waals surface area contributed by atoms with Gasteiger partial charge in [-0.2, -0.15) is 0 Å². The van der Waals surface area contributed by atoms with Gasteiger partial charge in [0, 0.05) is 12.5 Å². The zero-order valence-electron chi connectivity index (χ0n) is 8.75. The quantitative estimate of drug-likeness (QED) is 0.771. The number of anilines is 1. The fourth-order valence-corrected chi connectivity index (χ4v) is 1.10. The van der Waals surface area contributed by atoms with Crippen LogP contribution < -0.4 is 11.1 Å². The lowest BCUT2D eigenvalue weighted by Crippen LogP contribution is -2.26.